The van der Waals surface area contributed by atoms with Gasteiger partial charge >= 0.3 is 0 Å². The SMILES string of the molecule is CC(C)C1C=CC(O)(C(C)C)CC1. The van der Waals surface area contributed by atoms with E-state index in [-0.39, 0.29) is 0 Å². The molecule has 1 rings (SSSR count). The average Bonchev–Trinajstić information content (AvgIpc) is 2.04. The summed E-state index contributed by atoms with van der Waals surface area (Å²) in [5.41, 5.74) is -0.536. The van der Waals surface area contributed by atoms with Gasteiger partial charge in [-0.15, -0.1) is 0 Å². The van der Waals surface area contributed by atoms with Crippen LogP contribution in [-0.2, 0) is 0 Å². The first kappa shape index (κ1) is 10.8. The Morgan fingerprint density at radius 2 is 1.92 bits per heavy atom. The molecular weight excluding hydrogens is 160 g/mol. The minimum atomic E-state index is -0.536. The molecule has 13 heavy (non-hydrogen) atoms. The molecule has 0 heterocycles. The molecule has 1 aliphatic carbocycles. The van der Waals surface area contributed by atoms with E-state index < -0.39 is 5.60 Å². The van der Waals surface area contributed by atoms with E-state index in [1.165, 1.54) is 0 Å². The Balaban J connectivity index is 2.66. The normalized spacial score (nSPS) is 34.5. The summed E-state index contributed by atoms with van der Waals surface area (Å²) in [6.45, 7) is 8.66. The molecule has 0 aromatic carbocycles. The molecule has 0 spiro atoms. The highest BCUT2D eigenvalue weighted by Crippen LogP contribution is 2.34. The Hall–Kier alpha value is -0.300. The zero-order valence-electron chi connectivity index (χ0n) is 9.25. The largest absolute Gasteiger partial charge is 0.386 e. The van der Waals surface area contributed by atoms with Gasteiger partial charge in [0.2, 0.25) is 0 Å². The van der Waals surface area contributed by atoms with Crippen molar-refractivity contribution in [2.75, 3.05) is 0 Å². The summed E-state index contributed by atoms with van der Waals surface area (Å²) in [6.07, 6.45) is 6.27. The molecule has 2 atom stereocenters. The lowest BCUT2D eigenvalue weighted by Crippen LogP contribution is -2.36. The van der Waals surface area contributed by atoms with Gasteiger partial charge < -0.3 is 5.11 Å². The summed E-state index contributed by atoms with van der Waals surface area (Å²) in [4.78, 5) is 0. The second-order valence-corrected chi connectivity index (χ2v) is 4.95. The fraction of sp³-hybridized carbons (Fsp3) is 0.833. The maximum Gasteiger partial charge on any atom is 0.0850 e. The summed E-state index contributed by atoms with van der Waals surface area (Å²) in [6, 6.07) is 0. The van der Waals surface area contributed by atoms with Crippen LogP contribution in [0.3, 0.4) is 0 Å². The van der Waals surface area contributed by atoms with Crippen LogP contribution in [0.2, 0.25) is 0 Å². The van der Waals surface area contributed by atoms with Crippen molar-refractivity contribution in [1.29, 1.82) is 0 Å². The fourth-order valence-electron chi connectivity index (χ4n) is 1.90. The number of hydrogen-bond acceptors (Lipinski definition) is 1. The van der Waals surface area contributed by atoms with Gasteiger partial charge in [0.05, 0.1) is 5.60 Å². The fourth-order valence-corrected chi connectivity index (χ4v) is 1.90. The van der Waals surface area contributed by atoms with E-state index >= 15 is 0 Å². The van der Waals surface area contributed by atoms with Gasteiger partial charge in [0.25, 0.3) is 0 Å². The molecule has 2 unspecified atom stereocenters. The Kier molecular flexibility index (Phi) is 3.18. The van der Waals surface area contributed by atoms with E-state index in [0.29, 0.717) is 17.8 Å². The van der Waals surface area contributed by atoms with E-state index in [9.17, 15) is 5.11 Å². The third kappa shape index (κ3) is 2.34. The smallest absolute Gasteiger partial charge is 0.0850 e. The topological polar surface area (TPSA) is 20.2 Å². The number of hydrogen-bond donors (Lipinski definition) is 1. The van der Waals surface area contributed by atoms with Crippen molar-refractivity contribution in [1.82, 2.24) is 0 Å². The lowest BCUT2D eigenvalue weighted by molar-refractivity contribution is 0.0216. The minimum absolute atomic E-state index is 0.330. The first-order valence-electron chi connectivity index (χ1n) is 5.37. The monoisotopic (exact) mass is 182 g/mol. The first-order valence-corrected chi connectivity index (χ1v) is 5.37. The summed E-state index contributed by atoms with van der Waals surface area (Å²) in [5, 5.41) is 10.2. The first-order chi connectivity index (χ1) is 5.96. The molecule has 0 aliphatic heterocycles. The molecule has 1 aliphatic rings. The molecule has 0 saturated carbocycles. The van der Waals surface area contributed by atoms with E-state index in [2.05, 4.69) is 33.8 Å². The van der Waals surface area contributed by atoms with Crippen LogP contribution in [-0.4, -0.2) is 10.7 Å². The molecule has 1 heteroatoms. The van der Waals surface area contributed by atoms with E-state index in [1.54, 1.807) is 0 Å². The summed E-state index contributed by atoms with van der Waals surface area (Å²) < 4.78 is 0. The molecule has 1 N–H and O–H groups in total. The van der Waals surface area contributed by atoms with Crippen molar-refractivity contribution in [3.63, 3.8) is 0 Å². The standard InChI is InChI=1S/C12H22O/c1-9(2)11-5-7-12(13,8-6-11)10(3)4/h5,7,9-11,13H,6,8H2,1-4H3. The maximum absolute atomic E-state index is 10.2. The highest BCUT2D eigenvalue weighted by atomic mass is 16.3. The molecule has 76 valence electrons. The maximum atomic E-state index is 10.2. The Morgan fingerprint density at radius 3 is 2.23 bits per heavy atom. The van der Waals surface area contributed by atoms with Crippen LogP contribution in [0.5, 0.6) is 0 Å². The second-order valence-electron chi connectivity index (χ2n) is 4.95. The Labute approximate surface area is 81.9 Å². The van der Waals surface area contributed by atoms with Crippen molar-refractivity contribution in [2.45, 2.75) is 46.1 Å². The van der Waals surface area contributed by atoms with Crippen LogP contribution in [0.15, 0.2) is 12.2 Å². The Morgan fingerprint density at radius 1 is 1.31 bits per heavy atom. The predicted molar refractivity (Wildman–Crippen MR) is 56.5 cm³/mol. The zero-order chi connectivity index (χ0) is 10.1. The van der Waals surface area contributed by atoms with Crippen molar-refractivity contribution >= 4 is 0 Å². The van der Waals surface area contributed by atoms with Gasteiger partial charge in [-0.25, -0.2) is 0 Å². The van der Waals surface area contributed by atoms with Crippen LogP contribution in [0.1, 0.15) is 40.5 Å². The third-order valence-corrected chi connectivity index (χ3v) is 3.37. The van der Waals surface area contributed by atoms with E-state index in [4.69, 9.17) is 0 Å². The highest BCUT2D eigenvalue weighted by molar-refractivity contribution is 5.09. The second kappa shape index (κ2) is 3.83. The van der Waals surface area contributed by atoms with Gasteiger partial charge in [-0.1, -0.05) is 39.8 Å². The molecule has 0 aromatic heterocycles. The molecule has 0 amide bonds. The molecule has 0 aromatic rings. The van der Waals surface area contributed by atoms with Crippen molar-refractivity contribution in [3.05, 3.63) is 12.2 Å². The summed E-state index contributed by atoms with van der Waals surface area (Å²) in [7, 11) is 0. The summed E-state index contributed by atoms with van der Waals surface area (Å²) >= 11 is 0. The van der Waals surface area contributed by atoms with Crippen LogP contribution in [0.25, 0.3) is 0 Å². The molecule has 0 radical (unpaired) electrons. The van der Waals surface area contributed by atoms with Gasteiger partial charge in [0.15, 0.2) is 0 Å². The Bertz CT molecular complexity index is 193. The quantitative estimate of drug-likeness (QED) is 0.651. The van der Waals surface area contributed by atoms with Crippen LogP contribution >= 0.6 is 0 Å². The average molecular weight is 182 g/mol. The minimum Gasteiger partial charge on any atom is -0.386 e. The van der Waals surface area contributed by atoms with E-state index in [1.807, 2.05) is 6.08 Å². The molecule has 1 nitrogen and oxygen atoms in total. The lowest BCUT2D eigenvalue weighted by atomic mass is 9.75. The predicted octanol–water partition coefficient (Wildman–Crippen LogP) is 3.00. The lowest BCUT2D eigenvalue weighted by Gasteiger charge is -2.35. The molecule has 0 fully saturated rings. The zero-order valence-corrected chi connectivity index (χ0v) is 9.25. The van der Waals surface area contributed by atoms with Crippen molar-refractivity contribution in [2.24, 2.45) is 17.8 Å². The summed E-state index contributed by atoms with van der Waals surface area (Å²) in [5.74, 6) is 1.70. The van der Waals surface area contributed by atoms with Gasteiger partial charge in [-0.2, -0.15) is 0 Å². The molecule has 0 saturated heterocycles. The molecule has 0 bridgehead atoms. The van der Waals surface area contributed by atoms with Gasteiger partial charge in [0, 0.05) is 0 Å². The highest BCUT2D eigenvalue weighted by Gasteiger charge is 2.32. The number of rotatable bonds is 2. The van der Waals surface area contributed by atoms with Crippen LogP contribution in [0.4, 0.5) is 0 Å². The number of aliphatic hydroxyl groups is 1. The van der Waals surface area contributed by atoms with Gasteiger partial charge in [-0.05, 0) is 30.6 Å². The number of allylic oxidation sites excluding steroid dienone is 1. The van der Waals surface area contributed by atoms with Gasteiger partial charge in [0.1, 0.15) is 0 Å². The van der Waals surface area contributed by atoms with Crippen LogP contribution < -0.4 is 0 Å². The third-order valence-electron chi connectivity index (χ3n) is 3.37. The molecular formula is C12H22O. The van der Waals surface area contributed by atoms with Crippen molar-refractivity contribution in [3.8, 4) is 0 Å². The van der Waals surface area contributed by atoms with Crippen LogP contribution in [0, 0.1) is 17.8 Å². The van der Waals surface area contributed by atoms with Crippen molar-refractivity contribution < 1.29 is 5.11 Å². The van der Waals surface area contributed by atoms with Gasteiger partial charge in [-0.3, -0.25) is 0 Å². The van der Waals surface area contributed by atoms with E-state index in [0.717, 1.165) is 12.8 Å².